The SMILES string of the molecule is Cn1nc(-c2cccc(Br)c2Cl)nc1N. The van der Waals surface area contributed by atoms with Crippen LogP contribution in [0.25, 0.3) is 11.4 Å². The smallest absolute Gasteiger partial charge is 0.218 e. The maximum absolute atomic E-state index is 6.11. The monoisotopic (exact) mass is 286 g/mol. The van der Waals surface area contributed by atoms with Gasteiger partial charge in [0.1, 0.15) is 0 Å². The van der Waals surface area contributed by atoms with Crippen molar-refractivity contribution in [2.45, 2.75) is 0 Å². The number of nitrogens with zero attached hydrogens (tertiary/aromatic N) is 3. The molecule has 2 N–H and O–H groups in total. The second-order valence-corrected chi connectivity index (χ2v) is 4.25. The molecule has 0 bridgehead atoms. The maximum Gasteiger partial charge on any atom is 0.218 e. The average Bonchev–Trinajstić information content (AvgIpc) is 2.51. The predicted molar refractivity (Wildman–Crippen MR) is 63.6 cm³/mol. The molecule has 1 heterocycles. The lowest BCUT2D eigenvalue weighted by Gasteiger charge is -2.00. The number of halogens is 2. The van der Waals surface area contributed by atoms with Crippen molar-refractivity contribution in [1.82, 2.24) is 14.8 Å². The van der Waals surface area contributed by atoms with Crippen molar-refractivity contribution in [2.24, 2.45) is 7.05 Å². The lowest BCUT2D eigenvalue weighted by atomic mass is 10.2. The number of anilines is 1. The van der Waals surface area contributed by atoms with Gasteiger partial charge in [-0.2, -0.15) is 4.98 Å². The minimum atomic E-state index is 0.362. The van der Waals surface area contributed by atoms with Gasteiger partial charge in [0.05, 0.1) is 5.02 Å². The van der Waals surface area contributed by atoms with Gasteiger partial charge in [-0.15, -0.1) is 5.10 Å². The first-order valence-corrected chi connectivity index (χ1v) is 5.37. The third-order valence-electron chi connectivity index (χ3n) is 1.99. The molecule has 78 valence electrons. The Bertz CT molecular complexity index is 489. The van der Waals surface area contributed by atoms with Crippen LogP contribution in [-0.2, 0) is 7.05 Å². The lowest BCUT2D eigenvalue weighted by molar-refractivity contribution is 0.781. The van der Waals surface area contributed by atoms with Gasteiger partial charge in [0.15, 0.2) is 5.82 Å². The molecule has 4 nitrogen and oxygen atoms in total. The largest absolute Gasteiger partial charge is 0.368 e. The molecular weight excluding hydrogens is 279 g/mol. The Labute approximate surface area is 100 Å². The fraction of sp³-hybridized carbons (Fsp3) is 0.111. The van der Waals surface area contributed by atoms with Crippen LogP contribution < -0.4 is 5.73 Å². The molecule has 0 amide bonds. The van der Waals surface area contributed by atoms with Crippen LogP contribution in [0.3, 0.4) is 0 Å². The maximum atomic E-state index is 6.11. The minimum Gasteiger partial charge on any atom is -0.368 e. The van der Waals surface area contributed by atoms with Crippen molar-refractivity contribution in [3.63, 3.8) is 0 Å². The summed E-state index contributed by atoms with van der Waals surface area (Å²) in [6, 6.07) is 5.58. The molecule has 2 rings (SSSR count). The summed E-state index contributed by atoms with van der Waals surface area (Å²) in [5.41, 5.74) is 6.36. The van der Waals surface area contributed by atoms with E-state index in [2.05, 4.69) is 26.0 Å². The van der Waals surface area contributed by atoms with Crippen LogP contribution in [0.15, 0.2) is 22.7 Å². The molecule has 1 aromatic carbocycles. The van der Waals surface area contributed by atoms with Gasteiger partial charge in [-0.3, -0.25) is 0 Å². The third-order valence-corrected chi connectivity index (χ3v) is 3.29. The first kappa shape index (κ1) is 10.4. The molecule has 15 heavy (non-hydrogen) atoms. The Morgan fingerprint density at radius 2 is 2.20 bits per heavy atom. The van der Waals surface area contributed by atoms with E-state index in [1.165, 1.54) is 4.68 Å². The highest BCUT2D eigenvalue weighted by atomic mass is 79.9. The number of hydrogen-bond donors (Lipinski definition) is 1. The molecule has 0 saturated heterocycles. The summed E-state index contributed by atoms with van der Waals surface area (Å²) >= 11 is 9.46. The summed E-state index contributed by atoms with van der Waals surface area (Å²) in [4.78, 5) is 4.11. The Morgan fingerprint density at radius 3 is 2.80 bits per heavy atom. The normalized spacial score (nSPS) is 10.6. The van der Waals surface area contributed by atoms with Gasteiger partial charge in [0.25, 0.3) is 0 Å². The van der Waals surface area contributed by atoms with E-state index in [1.54, 1.807) is 7.05 Å². The molecule has 0 aliphatic carbocycles. The van der Waals surface area contributed by atoms with E-state index >= 15 is 0 Å². The minimum absolute atomic E-state index is 0.362. The van der Waals surface area contributed by atoms with Crippen molar-refractivity contribution in [2.75, 3.05) is 5.73 Å². The van der Waals surface area contributed by atoms with E-state index in [0.29, 0.717) is 16.8 Å². The van der Waals surface area contributed by atoms with Gasteiger partial charge in [0.2, 0.25) is 5.95 Å². The molecule has 0 fully saturated rings. The summed E-state index contributed by atoms with van der Waals surface area (Å²) in [5, 5.41) is 4.74. The number of benzene rings is 1. The second-order valence-electron chi connectivity index (χ2n) is 3.02. The number of rotatable bonds is 1. The first-order valence-electron chi connectivity index (χ1n) is 4.20. The molecular formula is C9H8BrClN4. The van der Waals surface area contributed by atoms with Crippen LogP contribution in [0.2, 0.25) is 5.02 Å². The quantitative estimate of drug-likeness (QED) is 0.876. The highest BCUT2D eigenvalue weighted by Crippen LogP contribution is 2.31. The van der Waals surface area contributed by atoms with Crippen LogP contribution in [-0.4, -0.2) is 14.8 Å². The van der Waals surface area contributed by atoms with E-state index in [9.17, 15) is 0 Å². The molecule has 0 spiro atoms. The zero-order chi connectivity index (χ0) is 11.0. The van der Waals surface area contributed by atoms with Crippen molar-refractivity contribution in [3.8, 4) is 11.4 Å². The fourth-order valence-corrected chi connectivity index (χ4v) is 1.76. The highest BCUT2D eigenvalue weighted by Gasteiger charge is 2.11. The van der Waals surface area contributed by atoms with Crippen molar-refractivity contribution in [1.29, 1.82) is 0 Å². The summed E-state index contributed by atoms with van der Waals surface area (Å²) in [6.07, 6.45) is 0. The van der Waals surface area contributed by atoms with E-state index < -0.39 is 0 Å². The van der Waals surface area contributed by atoms with Crippen LogP contribution in [0.5, 0.6) is 0 Å². The summed E-state index contributed by atoms with van der Waals surface area (Å²) < 4.78 is 2.32. The zero-order valence-corrected chi connectivity index (χ0v) is 10.2. The molecule has 6 heteroatoms. The Balaban J connectivity index is 2.59. The van der Waals surface area contributed by atoms with Crippen LogP contribution >= 0.6 is 27.5 Å². The number of nitrogens with two attached hydrogens (primary N) is 1. The van der Waals surface area contributed by atoms with Crippen molar-refractivity contribution < 1.29 is 0 Å². The van der Waals surface area contributed by atoms with E-state index in [0.717, 1.165) is 10.0 Å². The van der Waals surface area contributed by atoms with Gasteiger partial charge in [-0.05, 0) is 28.1 Å². The third kappa shape index (κ3) is 1.85. The summed E-state index contributed by atoms with van der Waals surface area (Å²) in [6.45, 7) is 0. The molecule has 2 aromatic rings. The fourth-order valence-electron chi connectivity index (χ4n) is 1.19. The standard InChI is InChI=1S/C9H8BrClN4/c1-15-9(12)13-8(14-15)5-3-2-4-6(10)7(5)11/h2-4H,1H3,(H2,12,13,14). The number of nitrogen functional groups attached to an aromatic ring is 1. The van der Waals surface area contributed by atoms with Crippen molar-refractivity contribution in [3.05, 3.63) is 27.7 Å². The number of aromatic nitrogens is 3. The number of hydrogen-bond acceptors (Lipinski definition) is 3. The second kappa shape index (κ2) is 3.83. The predicted octanol–water partition coefficient (Wildman–Crippen LogP) is 2.48. The van der Waals surface area contributed by atoms with Gasteiger partial charge in [0, 0.05) is 17.1 Å². The topological polar surface area (TPSA) is 56.7 Å². The average molecular weight is 288 g/mol. The summed E-state index contributed by atoms with van der Waals surface area (Å²) in [7, 11) is 1.73. The summed E-state index contributed by atoms with van der Waals surface area (Å²) in [5.74, 6) is 0.891. The lowest BCUT2D eigenvalue weighted by Crippen LogP contribution is -1.97. The molecule has 0 unspecified atom stereocenters. The Hall–Kier alpha value is -1.07. The van der Waals surface area contributed by atoms with Crippen molar-refractivity contribution >= 4 is 33.5 Å². The molecule has 1 aromatic heterocycles. The van der Waals surface area contributed by atoms with Crippen LogP contribution in [0.1, 0.15) is 0 Å². The molecule has 0 aliphatic rings. The molecule has 0 atom stereocenters. The molecule has 0 radical (unpaired) electrons. The number of aryl methyl sites for hydroxylation is 1. The zero-order valence-electron chi connectivity index (χ0n) is 7.91. The van der Waals surface area contributed by atoms with Crippen LogP contribution in [0, 0.1) is 0 Å². The molecule has 0 saturated carbocycles. The Kier molecular flexibility index (Phi) is 2.67. The van der Waals surface area contributed by atoms with E-state index in [1.807, 2.05) is 18.2 Å². The first-order chi connectivity index (χ1) is 7.09. The highest BCUT2D eigenvalue weighted by molar-refractivity contribution is 9.10. The Morgan fingerprint density at radius 1 is 1.47 bits per heavy atom. The van der Waals surface area contributed by atoms with Gasteiger partial charge < -0.3 is 5.73 Å². The van der Waals surface area contributed by atoms with Crippen LogP contribution in [0.4, 0.5) is 5.95 Å². The van der Waals surface area contributed by atoms with Gasteiger partial charge in [-0.25, -0.2) is 4.68 Å². The van der Waals surface area contributed by atoms with Gasteiger partial charge >= 0.3 is 0 Å². The molecule has 0 aliphatic heterocycles. The van der Waals surface area contributed by atoms with E-state index in [-0.39, 0.29) is 0 Å². The van der Waals surface area contributed by atoms with Gasteiger partial charge in [-0.1, -0.05) is 17.7 Å². The van der Waals surface area contributed by atoms with E-state index in [4.69, 9.17) is 17.3 Å².